The zero-order valence-corrected chi connectivity index (χ0v) is 10.8. The van der Waals surface area contributed by atoms with Gasteiger partial charge in [0.15, 0.2) is 0 Å². The van der Waals surface area contributed by atoms with Gasteiger partial charge >= 0.3 is 6.18 Å². The molecule has 1 atom stereocenters. The highest BCUT2D eigenvalue weighted by molar-refractivity contribution is 5.24. The maximum Gasteiger partial charge on any atom is 0.416 e. The van der Waals surface area contributed by atoms with Crippen LogP contribution in [0.4, 0.5) is 13.2 Å². The molecule has 1 saturated carbocycles. The van der Waals surface area contributed by atoms with Crippen LogP contribution in [-0.4, -0.2) is 17.3 Å². The Labute approximate surface area is 110 Å². The summed E-state index contributed by atoms with van der Waals surface area (Å²) in [4.78, 5) is 0. The summed E-state index contributed by atoms with van der Waals surface area (Å²) in [6, 6.07) is 5.12. The van der Waals surface area contributed by atoms with Gasteiger partial charge in [-0.05, 0) is 43.4 Å². The Balaban J connectivity index is 1.96. The number of hydrogen-bond acceptors (Lipinski definition) is 2. The third kappa shape index (κ3) is 3.48. The van der Waals surface area contributed by atoms with Crippen LogP contribution < -0.4 is 5.32 Å². The first-order valence-corrected chi connectivity index (χ1v) is 6.37. The number of aliphatic hydroxyl groups is 1. The smallest absolute Gasteiger partial charge is 0.394 e. The number of nitrogens with one attached hydrogen (secondary N) is 1. The van der Waals surface area contributed by atoms with Gasteiger partial charge in [0.1, 0.15) is 0 Å². The molecule has 0 amide bonds. The zero-order chi connectivity index (χ0) is 14.1. The second-order valence-corrected chi connectivity index (χ2v) is 5.40. The summed E-state index contributed by atoms with van der Waals surface area (Å²) in [5.41, 5.74) is -0.181. The van der Waals surface area contributed by atoms with Crippen molar-refractivity contribution < 1.29 is 18.3 Å². The van der Waals surface area contributed by atoms with Crippen LogP contribution in [0.5, 0.6) is 0 Å². The van der Waals surface area contributed by atoms with Gasteiger partial charge in [-0.15, -0.1) is 0 Å². The summed E-state index contributed by atoms with van der Waals surface area (Å²) in [5, 5.41) is 12.7. The highest BCUT2D eigenvalue weighted by atomic mass is 19.4. The minimum Gasteiger partial charge on any atom is -0.394 e. The van der Waals surface area contributed by atoms with Gasteiger partial charge in [0.2, 0.25) is 0 Å². The number of benzene rings is 1. The van der Waals surface area contributed by atoms with Crippen LogP contribution in [-0.2, 0) is 12.7 Å². The van der Waals surface area contributed by atoms with E-state index in [0.29, 0.717) is 12.5 Å². The second kappa shape index (κ2) is 5.13. The number of alkyl halides is 3. The maximum atomic E-state index is 12.4. The first-order chi connectivity index (χ1) is 8.85. The maximum absolute atomic E-state index is 12.4. The van der Waals surface area contributed by atoms with E-state index in [1.54, 1.807) is 0 Å². The Morgan fingerprint density at radius 1 is 1.21 bits per heavy atom. The van der Waals surface area contributed by atoms with E-state index in [1.165, 1.54) is 12.1 Å². The van der Waals surface area contributed by atoms with E-state index in [2.05, 4.69) is 5.32 Å². The molecule has 106 valence electrons. The van der Waals surface area contributed by atoms with Crippen molar-refractivity contribution in [3.63, 3.8) is 0 Å². The average molecular weight is 273 g/mol. The summed E-state index contributed by atoms with van der Waals surface area (Å²) in [5.74, 6) is 0.465. The van der Waals surface area contributed by atoms with Gasteiger partial charge < -0.3 is 10.4 Å². The average Bonchev–Trinajstić information content (AvgIpc) is 3.20. The van der Waals surface area contributed by atoms with Crippen molar-refractivity contribution in [2.45, 2.75) is 38.0 Å². The summed E-state index contributed by atoms with van der Waals surface area (Å²) < 4.78 is 37.2. The van der Waals surface area contributed by atoms with Crippen LogP contribution >= 0.6 is 0 Å². The fourth-order valence-corrected chi connectivity index (χ4v) is 2.17. The Bertz CT molecular complexity index is 425. The fourth-order valence-electron chi connectivity index (χ4n) is 2.17. The molecule has 1 aliphatic rings. The van der Waals surface area contributed by atoms with Gasteiger partial charge in [0.05, 0.1) is 12.2 Å². The van der Waals surface area contributed by atoms with E-state index in [9.17, 15) is 18.3 Å². The Morgan fingerprint density at radius 3 is 2.21 bits per heavy atom. The molecule has 5 heteroatoms. The first-order valence-electron chi connectivity index (χ1n) is 6.37. The number of halogens is 3. The van der Waals surface area contributed by atoms with Crippen molar-refractivity contribution in [2.75, 3.05) is 6.61 Å². The minimum atomic E-state index is -4.29. The molecule has 1 unspecified atom stereocenters. The molecule has 19 heavy (non-hydrogen) atoms. The van der Waals surface area contributed by atoms with Gasteiger partial charge in [0.25, 0.3) is 0 Å². The Hall–Kier alpha value is -1.07. The number of rotatable bonds is 5. The SMILES string of the molecule is CC(CO)(NCc1ccc(C(F)(F)F)cc1)C1CC1. The molecule has 0 heterocycles. The molecule has 2 N–H and O–H groups in total. The molecule has 0 radical (unpaired) electrons. The summed E-state index contributed by atoms with van der Waals surface area (Å²) in [6.07, 6.45) is -2.10. The third-order valence-electron chi connectivity index (χ3n) is 3.78. The van der Waals surface area contributed by atoms with Crippen molar-refractivity contribution in [3.8, 4) is 0 Å². The molecule has 0 aromatic heterocycles. The monoisotopic (exact) mass is 273 g/mol. The van der Waals surface area contributed by atoms with Crippen molar-refractivity contribution in [3.05, 3.63) is 35.4 Å². The highest BCUT2D eigenvalue weighted by Gasteiger charge is 2.40. The van der Waals surface area contributed by atoms with Gasteiger partial charge in [-0.25, -0.2) is 0 Å². The van der Waals surface area contributed by atoms with E-state index in [0.717, 1.165) is 30.5 Å². The topological polar surface area (TPSA) is 32.3 Å². The van der Waals surface area contributed by atoms with Crippen molar-refractivity contribution in [1.82, 2.24) is 5.32 Å². The summed E-state index contributed by atoms with van der Waals surface area (Å²) >= 11 is 0. The van der Waals surface area contributed by atoms with E-state index in [-0.39, 0.29) is 12.1 Å². The molecule has 1 aromatic carbocycles. The standard InChI is InChI=1S/C14H18F3NO/c1-13(9-19,11-6-7-11)18-8-10-2-4-12(5-3-10)14(15,16)17/h2-5,11,18-19H,6-9H2,1H3. The fraction of sp³-hybridized carbons (Fsp3) is 0.571. The predicted molar refractivity (Wildman–Crippen MR) is 66.5 cm³/mol. The molecule has 0 spiro atoms. The van der Waals surface area contributed by atoms with Crippen LogP contribution in [0.3, 0.4) is 0 Å². The van der Waals surface area contributed by atoms with E-state index < -0.39 is 11.7 Å². The largest absolute Gasteiger partial charge is 0.416 e. The summed E-state index contributed by atoms with van der Waals surface area (Å²) in [7, 11) is 0. The van der Waals surface area contributed by atoms with E-state index in [1.807, 2.05) is 6.92 Å². The van der Waals surface area contributed by atoms with Crippen molar-refractivity contribution in [1.29, 1.82) is 0 Å². The van der Waals surface area contributed by atoms with Gasteiger partial charge in [-0.2, -0.15) is 13.2 Å². The van der Waals surface area contributed by atoms with Crippen LogP contribution in [0.15, 0.2) is 24.3 Å². The Morgan fingerprint density at radius 2 is 1.79 bits per heavy atom. The first kappa shape index (κ1) is 14.3. The molecule has 0 saturated heterocycles. The molecule has 1 aliphatic carbocycles. The molecule has 1 aromatic rings. The quantitative estimate of drug-likeness (QED) is 0.864. The lowest BCUT2D eigenvalue weighted by Crippen LogP contribution is -2.47. The molecule has 1 fully saturated rings. The lowest BCUT2D eigenvalue weighted by Gasteiger charge is -2.29. The second-order valence-electron chi connectivity index (χ2n) is 5.40. The van der Waals surface area contributed by atoms with Crippen molar-refractivity contribution in [2.24, 2.45) is 5.92 Å². The lowest BCUT2D eigenvalue weighted by molar-refractivity contribution is -0.137. The van der Waals surface area contributed by atoms with Gasteiger partial charge in [-0.3, -0.25) is 0 Å². The number of hydrogen-bond donors (Lipinski definition) is 2. The normalized spacial score (nSPS) is 19.2. The third-order valence-corrected chi connectivity index (χ3v) is 3.78. The van der Waals surface area contributed by atoms with Crippen LogP contribution in [0, 0.1) is 5.92 Å². The van der Waals surface area contributed by atoms with E-state index in [4.69, 9.17) is 0 Å². The molecule has 0 aliphatic heterocycles. The molecule has 2 nitrogen and oxygen atoms in total. The van der Waals surface area contributed by atoms with Gasteiger partial charge in [-0.1, -0.05) is 12.1 Å². The molecule has 0 bridgehead atoms. The minimum absolute atomic E-state index is 0.0400. The van der Waals surface area contributed by atoms with Crippen LogP contribution in [0.25, 0.3) is 0 Å². The number of aliphatic hydroxyl groups excluding tert-OH is 1. The Kier molecular flexibility index (Phi) is 3.87. The summed E-state index contributed by atoms with van der Waals surface area (Å²) in [6.45, 7) is 2.46. The van der Waals surface area contributed by atoms with E-state index >= 15 is 0 Å². The predicted octanol–water partition coefficient (Wildman–Crippen LogP) is 2.96. The van der Waals surface area contributed by atoms with Gasteiger partial charge in [0, 0.05) is 12.1 Å². The molecular formula is C14H18F3NO. The molecule has 2 rings (SSSR count). The van der Waals surface area contributed by atoms with Crippen LogP contribution in [0.1, 0.15) is 30.9 Å². The van der Waals surface area contributed by atoms with Crippen molar-refractivity contribution >= 4 is 0 Å². The molecular weight excluding hydrogens is 255 g/mol. The zero-order valence-electron chi connectivity index (χ0n) is 10.8. The highest BCUT2D eigenvalue weighted by Crippen LogP contribution is 2.39. The van der Waals surface area contributed by atoms with Crippen LogP contribution in [0.2, 0.25) is 0 Å². The lowest BCUT2D eigenvalue weighted by atomic mass is 9.96.